The molecule has 4 aliphatic rings. The lowest BCUT2D eigenvalue weighted by atomic mass is 9.48. The number of Topliss-reactive ketones (excluding diaryl/α,β-unsaturated/α-hetero) is 1. The summed E-state index contributed by atoms with van der Waals surface area (Å²) in [5.74, 6) is 2.13. The lowest BCUT2D eigenvalue weighted by Crippen LogP contribution is -2.51. The van der Waals surface area contributed by atoms with Gasteiger partial charge in [-0.05, 0) is 68.4 Å². The molecule has 0 spiro atoms. The molecule has 0 aliphatic heterocycles. The molecule has 4 aliphatic carbocycles. The lowest BCUT2D eigenvalue weighted by molar-refractivity contribution is -0.158. The van der Waals surface area contributed by atoms with Crippen molar-refractivity contribution < 1.29 is 19.1 Å². The van der Waals surface area contributed by atoms with Gasteiger partial charge in [0, 0.05) is 5.41 Å². The van der Waals surface area contributed by atoms with E-state index in [1.165, 1.54) is 19.3 Å². The quantitative estimate of drug-likeness (QED) is 0.716. The van der Waals surface area contributed by atoms with Gasteiger partial charge in [-0.2, -0.15) is 0 Å². The van der Waals surface area contributed by atoms with Crippen LogP contribution in [-0.4, -0.2) is 25.0 Å². The molecular formula is C20H23ClO4. The number of hydrogen-bond acceptors (Lipinski definition) is 4. The average molecular weight is 363 g/mol. The van der Waals surface area contributed by atoms with Crippen molar-refractivity contribution in [1.29, 1.82) is 0 Å². The van der Waals surface area contributed by atoms with Gasteiger partial charge in [-0.1, -0.05) is 23.7 Å². The Balaban J connectivity index is 1.29. The van der Waals surface area contributed by atoms with Crippen LogP contribution in [0.15, 0.2) is 24.3 Å². The highest BCUT2D eigenvalue weighted by atomic mass is 35.5. The SMILES string of the molecule is O=C(COc1ccccc1Cl)OCC(=O)C12CC3CC(CC(C3)C1)C2. The molecule has 0 unspecified atom stereocenters. The number of carbonyl (C=O) groups is 2. The Morgan fingerprint density at radius 1 is 1.00 bits per heavy atom. The van der Waals surface area contributed by atoms with Gasteiger partial charge in [-0.25, -0.2) is 4.79 Å². The van der Waals surface area contributed by atoms with Crippen LogP contribution in [-0.2, 0) is 14.3 Å². The second kappa shape index (κ2) is 6.64. The second-order valence-electron chi connectivity index (χ2n) is 8.00. The first kappa shape index (κ1) is 16.9. The van der Waals surface area contributed by atoms with Crippen molar-refractivity contribution in [2.24, 2.45) is 23.2 Å². The van der Waals surface area contributed by atoms with Crippen LogP contribution in [0.1, 0.15) is 38.5 Å². The first-order chi connectivity index (χ1) is 12.0. The fourth-order valence-corrected chi connectivity index (χ4v) is 5.68. The van der Waals surface area contributed by atoms with Gasteiger partial charge in [0.1, 0.15) is 5.75 Å². The molecule has 0 amide bonds. The molecule has 134 valence electrons. The maximum Gasteiger partial charge on any atom is 0.344 e. The van der Waals surface area contributed by atoms with Gasteiger partial charge in [0.15, 0.2) is 19.0 Å². The van der Waals surface area contributed by atoms with E-state index in [9.17, 15) is 9.59 Å². The molecule has 0 aromatic heterocycles. The van der Waals surface area contributed by atoms with Gasteiger partial charge in [-0.3, -0.25) is 4.79 Å². The van der Waals surface area contributed by atoms with E-state index >= 15 is 0 Å². The zero-order valence-corrected chi connectivity index (χ0v) is 15.0. The topological polar surface area (TPSA) is 52.6 Å². The van der Waals surface area contributed by atoms with Crippen LogP contribution in [0, 0.1) is 23.2 Å². The van der Waals surface area contributed by atoms with Crippen molar-refractivity contribution in [3.63, 3.8) is 0 Å². The molecule has 0 radical (unpaired) electrons. The van der Waals surface area contributed by atoms with Crippen LogP contribution in [0.2, 0.25) is 5.02 Å². The summed E-state index contributed by atoms with van der Waals surface area (Å²) < 4.78 is 10.6. The Hall–Kier alpha value is -1.55. The molecule has 0 saturated heterocycles. The molecule has 4 fully saturated rings. The van der Waals surface area contributed by atoms with Crippen molar-refractivity contribution in [1.82, 2.24) is 0 Å². The molecule has 4 saturated carbocycles. The van der Waals surface area contributed by atoms with E-state index in [0.717, 1.165) is 19.3 Å². The van der Waals surface area contributed by atoms with Crippen LogP contribution >= 0.6 is 11.6 Å². The Kier molecular flexibility index (Phi) is 4.48. The predicted octanol–water partition coefficient (Wildman–Crippen LogP) is 4.05. The molecule has 1 aromatic carbocycles. The highest BCUT2D eigenvalue weighted by Gasteiger charge is 2.54. The van der Waals surface area contributed by atoms with Crippen molar-refractivity contribution in [3.05, 3.63) is 29.3 Å². The van der Waals surface area contributed by atoms with Crippen LogP contribution in [0.3, 0.4) is 0 Å². The third-order valence-electron chi connectivity index (χ3n) is 6.18. The number of hydrogen-bond donors (Lipinski definition) is 0. The van der Waals surface area contributed by atoms with Gasteiger partial charge < -0.3 is 9.47 Å². The zero-order chi connectivity index (χ0) is 17.4. The van der Waals surface area contributed by atoms with Gasteiger partial charge in [0.25, 0.3) is 0 Å². The third kappa shape index (κ3) is 3.41. The zero-order valence-electron chi connectivity index (χ0n) is 14.2. The molecule has 0 heterocycles. The van der Waals surface area contributed by atoms with Gasteiger partial charge >= 0.3 is 5.97 Å². The monoisotopic (exact) mass is 362 g/mol. The standard InChI is InChI=1S/C20H23ClO4/c21-16-3-1-2-4-17(16)24-12-19(23)25-11-18(22)20-8-13-5-14(9-20)7-15(6-13)10-20/h1-4,13-15H,5-12H2. The molecule has 1 aromatic rings. The number of para-hydroxylation sites is 1. The van der Waals surface area contributed by atoms with Crippen LogP contribution in [0.25, 0.3) is 0 Å². The summed E-state index contributed by atoms with van der Waals surface area (Å²) in [5.41, 5.74) is -0.224. The molecule has 0 atom stereocenters. The third-order valence-corrected chi connectivity index (χ3v) is 6.49. The number of rotatable bonds is 6. The first-order valence-corrected chi connectivity index (χ1v) is 9.48. The number of carbonyl (C=O) groups excluding carboxylic acids is 2. The molecule has 5 heteroatoms. The maximum atomic E-state index is 12.8. The normalized spacial score (nSPS) is 32.4. The Morgan fingerprint density at radius 2 is 1.60 bits per heavy atom. The summed E-state index contributed by atoms with van der Waals surface area (Å²) in [6.07, 6.45) is 6.84. The molecule has 25 heavy (non-hydrogen) atoms. The van der Waals surface area contributed by atoms with E-state index in [1.807, 2.05) is 0 Å². The lowest BCUT2D eigenvalue weighted by Gasteiger charge is -2.55. The minimum atomic E-state index is -0.530. The average Bonchev–Trinajstić information content (AvgIpc) is 2.57. The number of benzene rings is 1. The minimum absolute atomic E-state index is 0.109. The largest absolute Gasteiger partial charge is 0.480 e. The van der Waals surface area contributed by atoms with Crippen molar-refractivity contribution in [2.75, 3.05) is 13.2 Å². The Labute approximate surface area is 152 Å². The van der Waals surface area contributed by atoms with Gasteiger partial charge in [-0.15, -0.1) is 0 Å². The fraction of sp³-hybridized carbons (Fsp3) is 0.600. The molecule has 4 bridgehead atoms. The molecule has 0 N–H and O–H groups in total. The number of ketones is 1. The predicted molar refractivity (Wildman–Crippen MR) is 93.5 cm³/mol. The van der Waals surface area contributed by atoms with E-state index in [0.29, 0.717) is 28.5 Å². The van der Waals surface area contributed by atoms with Crippen LogP contribution in [0.5, 0.6) is 5.75 Å². The van der Waals surface area contributed by atoms with Crippen molar-refractivity contribution in [3.8, 4) is 5.75 Å². The summed E-state index contributed by atoms with van der Waals surface area (Å²) in [6, 6.07) is 6.95. The number of esters is 1. The molecular weight excluding hydrogens is 340 g/mol. The van der Waals surface area contributed by atoms with E-state index < -0.39 is 5.97 Å². The van der Waals surface area contributed by atoms with Gasteiger partial charge in [0.2, 0.25) is 0 Å². The number of halogens is 1. The maximum absolute atomic E-state index is 12.8. The Bertz CT molecular complexity index is 649. The molecule has 4 nitrogen and oxygen atoms in total. The minimum Gasteiger partial charge on any atom is -0.480 e. The van der Waals surface area contributed by atoms with Crippen molar-refractivity contribution >= 4 is 23.4 Å². The van der Waals surface area contributed by atoms with Gasteiger partial charge in [0.05, 0.1) is 5.02 Å². The van der Waals surface area contributed by atoms with Crippen LogP contribution < -0.4 is 4.74 Å². The summed E-state index contributed by atoms with van der Waals surface area (Å²) >= 11 is 5.98. The van der Waals surface area contributed by atoms with E-state index in [4.69, 9.17) is 21.1 Å². The second-order valence-corrected chi connectivity index (χ2v) is 8.41. The highest BCUT2D eigenvalue weighted by Crippen LogP contribution is 2.60. The fourth-order valence-electron chi connectivity index (χ4n) is 5.49. The van der Waals surface area contributed by atoms with Crippen molar-refractivity contribution in [2.45, 2.75) is 38.5 Å². The first-order valence-electron chi connectivity index (χ1n) is 9.10. The molecule has 5 rings (SSSR count). The summed E-state index contributed by atoms with van der Waals surface area (Å²) in [6.45, 7) is -0.366. The van der Waals surface area contributed by atoms with E-state index in [1.54, 1.807) is 24.3 Å². The highest BCUT2D eigenvalue weighted by molar-refractivity contribution is 6.32. The van der Waals surface area contributed by atoms with E-state index in [-0.39, 0.29) is 24.4 Å². The summed E-state index contributed by atoms with van der Waals surface area (Å²) in [4.78, 5) is 24.7. The number of ether oxygens (including phenoxy) is 2. The Morgan fingerprint density at radius 3 is 2.20 bits per heavy atom. The van der Waals surface area contributed by atoms with Crippen LogP contribution in [0.4, 0.5) is 0 Å². The summed E-state index contributed by atoms with van der Waals surface area (Å²) in [5, 5.41) is 0.444. The van der Waals surface area contributed by atoms with E-state index in [2.05, 4.69) is 0 Å². The summed E-state index contributed by atoms with van der Waals surface area (Å²) in [7, 11) is 0. The smallest absolute Gasteiger partial charge is 0.344 e.